The fourth-order valence-corrected chi connectivity index (χ4v) is 2.12. The van der Waals surface area contributed by atoms with Gasteiger partial charge in [-0.1, -0.05) is 25.1 Å². The standard InChI is InChI=1S/C15H12BrNO/c1-2-11-5-3-4-6-15(11)18-13-8-7-12(10-17)14(16)9-13/h3-9H,2H2,1H3. The summed E-state index contributed by atoms with van der Waals surface area (Å²) in [4.78, 5) is 0. The van der Waals surface area contributed by atoms with E-state index in [0.29, 0.717) is 5.56 Å². The predicted molar refractivity (Wildman–Crippen MR) is 74.8 cm³/mol. The molecule has 18 heavy (non-hydrogen) atoms. The Balaban J connectivity index is 2.29. The SMILES string of the molecule is CCc1ccccc1Oc1ccc(C#N)c(Br)c1. The van der Waals surface area contributed by atoms with Gasteiger partial charge in [0.1, 0.15) is 17.6 Å². The van der Waals surface area contributed by atoms with Gasteiger partial charge >= 0.3 is 0 Å². The molecule has 0 N–H and O–H groups in total. The predicted octanol–water partition coefficient (Wildman–Crippen LogP) is 4.68. The van der Waals surface area contributed by atoms with E-state index in [1.807, 2.05) is 30.3 Å². The number of nitrogens with zero attached hydrogens (tertiary/aromatic N) is 1. The first kappa shape index (κ1) is 12.7. The maximum absolute atomic E-state index is 8.86. The molecule has 0 bridgehead atoms. The number of benzene rings is 2. The maximum Gasteiger partial charge on any atom is 0.130 e. The van der Waals surface area contributed by atoms with Crippen LogP contribution in [-0.4, -0.2) is 0 Å². The van der Waals surface area contributed by atoms with Gasteiger partial charge < -0.3 is 4.74 Å². The van der Waals surface area contributed by atoms with E-state index in [0.717, 1.165) is 28.0 Å². The van der Waals surface area contributed by atoms with Gasteiger partial charge in [0.15, 0.2) is 0 Å². The van der Waals surface area contributed by atoms with Crippen LogP contribution < -0.4 is 4.74 Å². The molecule has 2 rings (SSSR count). The molecule has 0 saturated carbocycles. The van der Waals surface area contributed by atoms with Gasteiger partial charge in [0.05, 0.1) is 5.56 Å². The smallest absolute Gasteiger partial charge is 0.130 e. The van der Waals surface area contributed by atoms with Crippen LogP contribution >= 0.6 is 15.9 Å². The second-order valence-electron chi connectivity index (χ2n) is 3.82. The summed E-state index contributed by atoms with van der Waals surface area (Å²) in [5.41, 5.74) is 1.77. The quantitative estimate of drug-likeness (QED) is 0.825. The Morgan fingerprint density at radius 2 is 2.00 bits per heavy atom. The molecule has 0 aromatic heterocycles. The van der Waals surface area contributed by atoms with Crippen molar-refractivity contribution in [2.45, 2.75) is 13.3 Å². The van der Waals surface area contributed by atoms with Crippen LogP contribution in [0.15, 0.2) is 46.9 Å². The minimum absolute atomic E-state index is 0.603. The number of hydrogen-bond donors (Lipinski definition) is 0. The van der Waals surface area contributed by atoms with Crippen molar-refractivity contribution in [1.82, 2.24) is 0 Å². The molecule has 0 aliphatic carbocycles. The Morgan fingerprint density at radius 1 is 1.22 bits per heavy atom. The zero-order chi connectivity index (χ0) is 13.0. The van der Waals surface area contributed by atoms with Gasteiger partial charge in [0.25, 0.3) is 0 Å². The highest BCUT2D eigenvalue weighted by Crippen LogP contribution is 2.29. The highest BCUT2D eigenvalue weighted by molar-refractivity contribution is 9.10. The van der Waals surface area contributed by atoms with E-state index < -0.39 is 0 Å². The van der Waals surface area contributed by atoms with Crippen LogP contribution in [0.4, 0.5) is 0 Å². The van der Waals surface area contributed by atoms with Gasteiger partial charge in [-0.3, -0.25) is 0 Å². The van der Waals surface area contributed by atoms with Crippen molar-refractivity contribution < 1.29 is 4.74 Å². The maximum atomic E-state index is 8.86. The number of ether oxygens (including phenoxy) is 1. The average molecular weight is 302 g/mol. The molecule has 0 radical (unpaired) electrons. The molecule has 0 fully saturated rings. The zero-order valence-electron chi connectivity index (χ0n) is 9.98. The molecule has 0 spiro atoms. The summed E-state index contributed by atoms with van der Waals surface area (Å²) in [5.74, 6) is 1.58. The van der Waals surface area contributed by atoms with E-state index in [9.17, 15) is 0 Å². The summed E-state index contributed by atoms with van der Waals surface area (Å²) in [6.45, 7) is 2.09. The normalized spacial score (nSPS) is 9.83. The molecule has 0 saturated heterocycles. The van der Waals surface area contributed by atoms with E-state index in [-0.39, 0.29) is 0 Å². The number of hydrogen-bond acceptors (Lipinski definition) is 2. The van der Waals surface area contributed by atoms with Crippen molar-refractivity contribution in [3.05, 3.63) is 58.1 Å². The van der Waals surface area contributed by atoms with E-state index in [1.54, 1.807) is 12.1 Å². The summed E-state index contributed by atoms with van der Waals surface area (Å²) in [7, 11) is 0. The third-order valence-electron chi connectivity index (χ3n) is 2.64. The molecule has 2 aromatic carbocycles. The minimum Gasteiger partial charge on any atom is -0.457 e. The number of para-hydroxylation sites is 1. The van der Waals surface area contributed by atoms with Crippen LogP contribution in [-0.2, 0) is 6.42 Å². The Bertz CT molecular complexity index is 602. The lowest BCUT2D eigenvalue weighted by Gasteiger charge is -2.10. The number of rotatable bonds is 3. The first-order valence-electron chi connectivity index (χ1n) is 5.70. The number of aryl methyl sites for hydroxylation is 1. The second-order valence-corrected chi connectivity index (χ2v) is 4.67. The first-order valence-corrected chi connectivity index (χ1v) is 6.49. The Morgan fingerprint density at radius 3 is 2.67 bits per heavy atom. The van der Waals surface area contributed by atoms with Gasteiger partial charge in [-0.05, 0) is 52.2 Å². The summed E-state index contributed by atoms with van der Waals surface area (Å²) in [6.07, 6.45) is 0.924. The monoisotopic (exact) mass is 301 g/mol. The van der Waals surface area contributed by atoms with E-state index in [4.69, 9.17) is 10.00 Å². The summed E-state index contributed by atoms with van der Waals surface area (Å²) in [6, 6.07) is 15.4. The molecule has 90 valence electrons. The lowest BCUT2D eigenvalue weighted by molar-refractivity contribution is 0.476. The van der Waals surface area contributed by atoms with Crippen LogP contribution in [0.5, 0.6) is 11.5 Å². The van der Waals surface area contributed by atoms with Crippen molar-refractivity contribution >= 4 is 15.9 Å². The van der Waals surface area contributed by atoms with Crippen molar-refractivity contribution in [2.75, 3.05) is 0 Å². The van der Waals surface area contributed by atoms with Gasteiger partial charge in [0, 0.05) is 4.47 Å². The zero-order valence-corrected chi connectivity index (χ0v) is 11.6. The second kappa shape index (κ2) is 5.70. The third kappa shape index (κ3) is 2.72. The highest BCUT2D eigenvalue weighted by atomic mass is 79.9. The molecule has 0 aliphatic rings. The van der Waals surface area contributed by atoms with Gasteiger partial charge in [-0.2, -0.15) is 5.26 Å². The van der Waals surface area contributed by atoms with Gasteiger partial charge in [-0.25, -0.2) is 0 Å². The largest absolute Gasteiger partial charge is 0.457 e. The fraction of sp³-hybridized carbons (Fsp3) is 0.133. The van der Waals surface area contributed by atoms with Crippen LogP contribution in [0.25, 0.3) is 0 Å². The molecular formula is C15H12BrNO. The van der Waals surface area contributed by atoms with Gasteiger partial charge in [-0.15, -0.1) is 0 Å². The number of halogens is 1. The fourth-order valence-electron chi connectivity index (χ4n) is 1.67. The Kier molecular flexibility index (Phi) is 4.01. The molecule has 0 atom stereocenters. The van der Waals surface area contributed by atoms with Crippen LogP contribution in [0.3, 0.4) is 0 Å². The average Bonchev–Trinajstić information content (AvgIpc) is 2.39. The molecule has 0 heterocycles. The Hall–Kier alpha value is -1.79. The highest BCUT2D eigenvalue weighted by Gasteiger charge is 2.05. The van der Waals surface area contributed by atoms with Gasteiger partial charge in [0.2, 0.25) is 0 Å². The summed E-state index contributed by atoms with van der Waals surface area (Å²) in [5, 5.41) is 8.86. The lowest BCUT2D eigenvalue weighted by Crippen LogP contribution is -1.90. The van der Waals surface area contributed by atoms with E-state index >= 15 is 0 Å². The summed E-state index contributed by atoms with van der Waals surface area (Å²) < 4.78 is 6.59. The molecule has 0 amide bonds. The van der Waals surface area contributed by atoms with Crippen molar-refractivity contribution in [3.8, 4) is 17.6 Å². The Labute approximate surface area is 115 Å². The molecule has 0 unspecified atom stereocenters. The van der Waals surface area contributed by atoms with E-state index in [2.05, 4.69) is 28.9 Å². The molecule has 2 aromatic rings. The topological polar surface area (TPSA) is 33.0 Å². The number of nitriles is 1. The van der Waals surface area contributed by atoms with Crippen molar-refractivity contribution in [2.24, 2.45) is 0 Å². The molecule has 3 heteroatoms. The van der Waals surface area contributed by atoms with Crippen LogP contribution in [0, 0.1) is 11.3 Å². The lowest BCUT2D eigenvalue weighted by atomic mass is 10.1. The van der Waals surface area contributed by atoms with E-state index in [1.165, 1.54) is 0 Å². The van der Waals surface area contributed by atoms with Crippen LogP contribution in [0.1, 0.15) is 18.1 Å². The molecular weight excluding hydrogens is 290 g/mol. The first-order chi connectivity index (χ1) is 8.74. The van der Waals surface area contributed by atoms with Crippen molar-refractivity contribution in [3.63, 3.8) is 0 Å². The summed E-state index contributed by atoms with van der Waals surface area (Å²) >= 11 is 3.35. The molecule has 2 nitrogen and oxygen atoms in total. The van der Waals surface area contributed by atoms with Crippen LogP contribution in [0.2, 0.25) is 0 Å². The third-order valence-corrected chi connectivity index (χ3v) is 3.30. The minimum atomic E-state index is 0.603. The molecule has 0 aliphatic heterocycles. The van der Waals surface area contributed by atoms with Crippen molar-refractivity contribution in [1.29, 1.82) is 5.26 Å².